The Balaban J connectivity index is 2.25. The summed E-state index contributed by atoms with van der Waals surface area (Å²) < 4.78 is 23.4. The summed E-state index contributed by atoms with van der Waals surface area (Å²) >= 11 is 3.15. The van der Waals surface area contributed by atoms with Gasteiger partial charge in [0, 0.05) is 23.1 Å². The second kappa shape index (κ2) is 6.46. The number of nitrogens with two attached hydrogens (primary N) is 1. The molecular formula is C14H19BrN2O3S. The van der Waals surface area contributed by atoms with Crippen molar-refractivity contribution in [1.29, 1.82) is 0 Å². The zero-order valence-electron chi connectivity index (χ0n) is 11.9. The van der Waals surface area contributed by atoms with Gasteiger partial charge in [0.1, 0.15) is 0 Å². The van der Waals surface area contributed by atoms with Gasteiger partial charge >= 0.3 is 0 Å². The quantitative estimate of drug-likeness (QED) is 0.858. The lowest BCUT2D eigenvalue weighted by molar-refractivity contribution is 0.0706. The normalized spacial score (nSPS) is 15.6. The predicted molar refractivity (Wildman–Crippen MR) is 84.4 cm³/mol. The summed E-state index contributed by atoms with van der Waals surface area (Å²) in [6.07, 6.45) is 3.54. The van der Waals surface area contributed by atoms with Crippen molar-refractivity contribution < 1.29 is 13.2 Å². The number of carbonyl (C=O) groups excluding carboxylic acids is 1. The van der Waals surface area contributed by atoms with E-state index < -0.39 is 10.0 Å². The number of amides is 1. The number of benzene rings is 1. The first kappa shape index (κ1) is 16.5. The Kier molecular flexibility index (Phi) is 5.06. The minimum atomic E-state index is -3.86. The van der Waals surface area contributed by atoms with Crippen LogP contribution in [0.15, 0.2) is 27.6 Å². The summed E-state index contributed by atoms with van der Waals surface area (Å²) in [4.78, 5) is 14.2. The molecule has 0 bridgehead atoms. The van der Waals surface area contributed by atoms with Crippen molar-refractivity contribution in [1.82, 2.24) is 4.90 Å². The van der Waals surface area contributed by atoms with Crippen molar-refractivity contribution in [2.75, 3.05) is 13.1 Å². The van der Waals surface area contributed by atoms with Gasteiger partial charge in [0.2, 0.25) is 10.0 Å². The summed E-state index contributed by atoms with van der Waals surface area (Å²) in [5.74, 6) is 0.420. The minimum Gasteiger partial charge on any atom is -0.339 e. The van der Waals surface area contributed by atoms with Crippen LogP contribution in [0.25, 0.3) is 0 Å². The fraction of sp³-hybridized carbons (Fsp3) is 0.500. The fourth-order valence-electron chi connectivity index (χ4n) is 2.38. The molecule has 5 nitrogen and oxygen atoms in total. The van der Waals surface area contributed by atoms with E-state index in [1.807, 2.05) is 6.92 Å². The number of hydrogen-bond donors (Lipinski definition) is 1. The number of halogens is 1. The van der Waals surface area contributed by atoms with Crippen LogP contribution in [-0.4, -0.2) is 32.3 Å². The van der Waals surface area contributed by atoms with Crippen LogP contribution in [0.1, 0.15) is 36.5 Å². The number of primary sulfonamides is 1. The smallest absolute Gasteiger partial charge is 0.253 e. The zero-order chi connectivity index (χ0) is 15.6. The maximum atomic E-state index is 12.5. The van der Waals surface area contributed by atoms with E-state index in [-0.39, 0.29) is 10.8 Å². The third-order valence-corrected chi connectivity index (χ3v) is 5.76. The second-order valence-electron chi connectivity index (χ2n) is 5.33. The Morgan fingerprint density at radius 1 is 1.43 bits per heavy atom. The van der Waals surface area contributed by atoms with E-state index in [0.29, 0.717) is 22.5 Å². The maximum Gasteiger partial charge on any atom is 0.253 e. The monoisotopic (exact) mass is 374 g/mol. The highest BCUT2D eigenvalue weighted by molar-refractivity contribution is 9.10. The summed E-state index contributed by atoms with van der Waals surface area (Å²) in [5, 5.41) is 5.16. The fourth-order valence-corrected chi connectivity index (χ4v) is 3.93. The molecule has 2 N–H and O–H groups in total. The Morgan fingerprint density at radius 2 is 2.10 bits per heavy atom. The van der Waals surface area contributed by atoms with Gasteiger partial charge in [-0.3, -0.25) is 4.79 Å². The molecule has 0 aliphatic heterocycles. The molecule has 2 rings (SSSR count). The van der Waals surface area contributed by atoms with Gasteiger partial charge in [-0.05, 0) is 59.8 Å². The van der Waals surface area contributed by atoms with Gasteiger partial charge in [-0.15, -0.1) is 0 Å². The molecule has 0 radical (unpaired) electrons. The molecule has 0 spiro atoms. The van der Waals surface area contributed by atoms with Gasteiger partial charge in [-0.2, -0.15) is 0 Å². The van der Waals surface area contributed by atoms with Crippen LogP contribution in [-0.2, 0) is 10.0 Å². The van der Waals surface area contributed by atoms with Crippen LogP contribution in [0.3, 0.4) is 0 Å². The van der Waals surface area contributed by atoms with E-state index in [9.17, 15) is 13.2 Å². The first-order chi connectivity index (χ1) is 9.82. The molecule has 0 unspecified atom stereocenters. The summed E-state index contributed by atoms with van der Waals surface area (Å²) in [6, 6.07) is 4.50. The molecule has 0 atom stereocenters. The van der Waals surface area contributed by atoms with E-state index in [0.717, 1.165) is 19.4 Å². The van der Waals surface area contributed by atoms with Gasteiger partial charge < -0.3 is 4.90 Å². The number of hydrogen-bond acceptors (Lipinski definition) is 3. The molecule has 116 valence electrons. The number of carbonyl (C=O) groups is 1. The first-order valence-corrected chi connectivity index (χ1v) is 9.28. The van der Waals surface area contributed by atoms with E-state index in [4.69, 9.17) is 5.14 Å². The Labute approximate surface area is 133 Å². The van der Waals surface area contributed by atoms with Crippen LogP contribution in [0.2, 0.25) is 0 Å². The largest absolute Gasteiger partial charge is 0.339 e. The molecule has 1 amide bonds. The van der Waals surface area contributed by atoms with Gasteiger partial charge in [-0.1, -0.05) is 6.42 Å². The SMILES string of the molecule is CCN(CC1CCC1)C(=O)c1ccc(Br)c(S(N)(=O)=O)c1. The van der Waals surface area contributed by atoms with Crippen molar-refractivity contribution in [3.05, 3.63) is 28.2 Å². The number of sulfonamides is 1. The lowest BCUT2D eigenvalue weighted by Crippen LogP contribution is -2.37. The van der Waals surface area contributed by atoms with Gasteiger partial charge in [0.05, 0.1) is 4.90 Å². The highest BCUT2D eigenvalue weighted by atomic mass is 79.9. The molecule has 0 aromatic heterocycles. The number of nitrogens with zero attached hydrogens (tertiary/aromatic N) is 1. The molecular weight excluding hydrogens is 356 g/mol. The third kappa shape index (κ3) is 3.84. The van der Waals surface area contributed by atoms with Crippen LogP contribution in [0, 0.1) is 5.92 Å². The molecule has 1 aromatic carbocycles. The maximum absolute atomic E-state index is 12.5. The summed E-state index contributed by atoms with van der Waals surface area (Å²) in [7, 11) is -3.86. The standard InChI is InChI=1S/C14H19BrN2O3S/c1-2-17(9-10-4-3-5-10)14(18)11-6-7-12(15)13(8-11)21(16,19)20/h6-8,10H,2-5,9H2,1H3,(H2,16,19,20). The molecule has 0 heterocycles. The van der Waals surface area contributed by atoms with Gasteiger partial charge in [0.15, 0.2) is 0 Å². The molecule has 1 aromatic rings. The van der Waals surface area contributed by atoms with Crippen LogP contribution < -0.4 is 5.14 Å². The van der Waals surface area contributed by atoms with Crippen molar-refractivity contribution in [2.45, 2.75) is 31.1 Å². The zero-order valence-corrected chi connectivity index (χ0v) is 14.3. The van der Waals surface area contributed by atoms with Gasteiger partial charge in [0.25, 0.3) is 5.91 Å². The molecule has 1 aliphatic rings. The van der Waals surface area contributed by atoms with Crippen LogP contribution in [0.5, 0.6) is 0 Å². The topological polar surface area (TPSA) is 80.5 Å². The second-order valence-corrected chi connectivity index (χ2v) is 7.72. The van der Waals surface area contributed by atoms with Crippen molar-refractivity contribution in [2.24, 2.45) is 11.1 Å². The summed E-state index contributed by atoms with van der Waals surface area (Å²) in [5.41, 5.74) is 0.350. The van der Waals surface area contributed by atoms with E-state index >= 15 is 0 Å². The average molecular weight is 375 g/mol. The van der Waals surface area contributed by atoms with E-state index in [2.05, 4.69) is 15.9 Å². The van der Waals surface area contributed by atoms with Crippen LogP contribution in [0.4, 0.5) is 0 Å². The average Bonchev–Trinajstić information content (AvgIpc) is 2.36. The number of rotatable bonds is 5. The molecule has 1 aliphatic carbocycles. The van der Waals surface area contributed by atoms with Crippen LogP contribution >= 0.6 is 15.9 Å². The third-order valence-electron chi connectivity index (χ3n) is 3.86. The highest BCUT2D eigenvalue weighted by Gasteiger charge is 2.24. The Morgan fingerprint density at radius 3 is 2.57 bits per heavy atom. The van der Waals surface area contributed by atoms with E-state index in [1.165, 1.54) is 12.5 Å². The van der Waals surface area contributed by atoms with Crippen molar-refractivity contribution in [3.63, 3.8) is 0 Å². The molecule has 1 fully saturated rings. The molecule has 0 saturated heterocycles. The van der Waals surface area contributed by atoms with Crippen molar-refractivity contribution >= 4 is 31.9 Å². The Hall–Kier alpha value is -0.920. The van der Waals surface area contributed by atoms with E-state index in [1.54, 1.807) is 17.0 Å². The van der Waals surface area contributed by atoms with Crippen molar-refractivity contribution in [3.8, 4) is 0 Å². The summed E-state index contributed by atoms with van der Waals surface area (Å²) in [6.45, 7) is 3.27. The lowest BCUT2D eigenvalue weighted by Gasteiger charge is -2.32. The predicted octanol–water partition coefficient (Wildman–Crippen LogP) is 2.36. The van der Waals surface area contributed by atoms with Gasteiger partial charge in [-0.25, -0.2) is 13.6 Å². The highest BCUT2D eigenvalue weighted by Crippen LogP contribution is 2.28. The molecule has 21 heavy (non-hydrogen) atoms. The minimum absolute atomic E-state index is 0.0620. The Bertz CT molecular complexity index is 642. The lowest BCUT2D eigenvalue weighted by atomic mass is 9.85. The molecule has 7 heteroatoms. The molecule has 1 saturated carbocycles. The first-order valence-electron chi connectivity index (χ1n) is 6.94.